The highest BCUT2D eigenvalue weighted by molar-refractivity contribution is 6.01. The van der Waals surface area contributed by atoms with E-state index in [-0.39, 0.29) is 43.4 Å². The fraction of sp³-hybridized carbons (Fsp3) is 0.467. The molecular weight excluding hydrogens is 300 g/mol. The molecule has 1 fully saturated rings. The van der Waals surface area contributed by atoms with Crippen LogP contribution in [0.15, 0.2) is 10.9 Å². The highest BCUT2D eigenvalue weighted by Crippen LogP contribution is 2.04. The van der Waals surface area contributed by atoms with Crippen LogP contribution in [0.5, 0.6) is 0 Å². The number of H-pyrrole nitrogens is 1. The highest BCUT2D eigenvalue weighted by Gasteiger charge is 2.27. The van der Waals surface area contributed by atoms with Gasteiger partial charge in [-0.1, -0.05) is 0 Å². The van der Waals surface area contributed by atoms with E-state index in [1.54, 1.807) is 6.92 Å². The summed E-state index contributed by atoms with van der Waals surface area (Å²) in [5, 5.41) is 5.10. The van der Waals surface area contributed by atoms with Gasteiger partial charge in [0.05, 0.1) is 6.54 Å². The van der Waals surface area contributed by atoms with Crippen LogP contribution in [-0.4, -0.2) is 40.8 Å². The monoisotopic (exact) mass is 320 g/mol. The maximum Gasteiger partial charge on any atom is 0.324 e. The zero-order valence-electron chi connectivity index (χ0n) is 13.2. The maximum atomic E-state index is 11.8. The summed E-state index contributed by atoms with van der Waals surface area (Å²) >= 11 is 0. The van der Waals surface area contributed by atoms with E-state index in [4.69, 9.17) is 0 Å². The number of pyridine rings is 1. The van der Waals surface area contributed by atoms with Gasteiger partial charge in [-0.05, 0) is 31.9 Å². The van der Waals surface area contributed by atoms with Gasteiger partial charge in [-0.15, -0.1) is 0 Å². The number of amides is 4. The average Bonchev–Trinajstić information content (AvgIpc) is 2.78. The Balaban J connectivity index is 1.79. The van der Waals surface area contributed by atoms with E-state index in [2.05, 4.69) is 15.6 Å². The Morgan fingerprint density at radius 2 is 2.04 bits per heavy atom. The van der Waals surface area contributed by atoms with Crippen LogP contribution in [0.2, 0.25) is 0 Å². The van der Waals surface area contributed by atoms with Gasteiger partial charge in [0.25, 0.3) is 5.56 Å². The molecule has 0 aliphatic carbocycles. The second-order valence-corrected chi connectivity index (χ2v) is 5.53. The molecule has 0 radical (unpaired) electrons. The van der Waals surface area contributed by atoms with Crippen molar-refractivity contribution in [1.82, 2.24) is 20.5 Å². The number of nitrogens with zero attached hydrogens (tertiary/aromatic N) is 1. The standard InChI is InChI=1S/C15H20N4O4/c1-9-6-10(2)18-14(22)11(9)7-16-12(20)4-3-5-19-13(21)8-17-15(19)23/h6H,3-5,7-8H2,1-2H3,(H,16,20)(H,17,23)(H,18,22). The number of rotatable bonds is 6. The first-order valence-electron chi connectivity index (χ1n) is 7.43. The van der Waals surface area contributed by atoms with E-state index < -0.39 is 6.03 Å². The molecule has 2 rings (SSSR count). The molecule has 0 unspecified atom stereocenters. The summed E-state index contributed by atoms with van der Waals surface area (Å²) in [6.45, 7) is 4.00. The van der Waals surface area contributed by atoms with Gasteiger partial charge in [-0.25, -0.2) is 4.79 Å². The van der Waals surface area contributed by atoms with E-state index in [9.17, 15) is 19.2 Å². The van der Waals surface area contributed by atoms with E-state index in [1.807, 2.05) is 13.0 Å². The first-order chi connectivity index (χ1) is 10.9. The van der Waals surface area contributed by atoms with Crippen molar-refractivity contribution < 1.29 is 14.4 Å². The predicted molar refractivity (Wildman–Crippen MR) is 82.7 cm³/mol. The zero-order valence-corrected chi connectivity index (χ0v) is 13.2. The second kappa shape index (κ2) is 7.08. The first-order valence-corrected chi connectivity index (χ1v) is 7.43. The van der Waals surface area contributed by atoms with Crippen LogP contribution in [-0.2, 0) is 16.1 Å². The average molecular weight is 320 g/mol. The number of imide groups is 1. The molecule has 1 aliphatic rings. The molecule has 23 heavy (non-hydrogen) atoms. The Morgan fingerprint density at radius 1 is 1.30 bits per heavy atom. The molecule has 1 saturated heterocycles. The molecule has 8 heteroatoms. The number of hydrogen-bond donors (Lipinski definition) is 3. The summed E-state index contributed by atoms with van der Waals surface area (Å²) in [6, 6.07) is 1.43. The Hall–Kier alpha value is -2.64. The van der Waals surface area contributed by atoms with Crippen molar-refractivity contribution in [3.05, 3.63) is 33.2 Å². The molecule has 1 aromatic heterocycles. The lowest BCUT2D eigenvalue weighted by Gasteiger charge is -2.12. The molecule has 3 N–H and O–H groups in total. The van der Waals surface area contributed by atoms with Crippen molar-refractivity contribution in [2.45, 2.75) is 33.2 Å². The largest absolute Gasteiger partial charge is 0.352 e. The van der Waals surface area contributed by atoms with E-state index >= 15 is 0 Å². The Bertz CT molecular complexity index is 679. The summed E-state index contributed by atoms with van der Waals surface area (Å²) < 4.78 is 0. The lowest BCUT2D eigenvalue weighted by molar-refractivity contribution is -0.126. The predicted octanol–water partition coefficient (Wildman–Crippen LogP) is -0.0601. The van der Waals surface area contributed by atoms with Gasteiger partial charge in [0.15, 0.2) is 0 Å². The number of urea groups is 1. The normalized spacial score (nSPS) is 14.1. The molecule has 124 valence electrons. The number of carbonyl (C=O) groups excluding carboxylic acids is 3. The number of nitrogens with one attached hydrogen (secondary N) is 3. The quantitative estimate of drug-likeness (QED) is 0.638. The molecule has 0 atom stereocenters. The maximum absolute atomic E-state index is 11.8. The fourth-order valence-electron chi connectivity index (χ4n) is 2.46. The van der Waals surface area contributed by atoms with E-state index in [0.29, 0.717) is 12.0 Å². The second-order valence-electron chi connectivity index (χ2n) is 5.53. The minimum atomic E-state index is -0.419. The number of hydrogen-bond acceptors (Lipinski definition) is 4. The number of aryl methyl sites for hydroxylation is 2. The summed E-state index contributed by atoms with van der Waals surface area (Å²) in [6.07, 6.45) is 0.564. The van der Waals surface area contributed by atoms with Gasteiger partial charge in [0.1, 0.15) is 0 Å². The van der Waals surface area contributed by atoms with Crippen molar-refractivity contribution in [3.8, 4) is 0 Å². The molecule has 0 saturated carbocycles. The van der Waals surface area contributed by atoms with Crippen LogP contribution in [0, 0.1) is 13.8 Å². The minimum Gasteiger partial charge on any atom is -0.352 e. The van der Waals surface area contributed by atoms with Crippen LogP contribution >= 0.6 is 0 Å². The van der Waals surface area contributed by atoms with Gasteiger partial charge in [-0.3, -0.25) is 19.3 Å². The molecule has 8 nitrogen and oxygen atoms in total. The van der Waals surface area contributed by atoms with Gasteiger partial charge >= 0.3 is 6.03 Å². The third kappa shape index (κ3) is 4.18. The fourth-order valence-corrected chi connectivity index (χ4v) is 2.46. The van der Waals surface area contributed by atoms with E-state index in [1.165, 1.54) is 0 Å². The smallest absolute Gasteiger partial charge is 0.324 e. The van der Waals surface area contributed by atoms with Crippen molar-refractivity contribution >= 4 is 17.8 Å². The molecule has 0 spiro atoms. The van der Waals surface area contributed by atoms with Crippen molar-refractivity contribution in [3.63, 3.8) is 0 Å². The van der Waals surface area contributed by atoms with Crippen molar-refractivity contribution in [1.29, 1.82) is 0 Å². The molecule has 0 aromatic carbocycles. The number of carbonyl (C=O) groups is 3. The molecule has 1 aliphatic heterocycles. The lowest BCUT2D eigenvalue weighted by Crippen LogP contribution is -2.33. The van der Waals surface area contributed by atoms with Crippen molar-refractivity contribution in [2.24, 2.45) is 0 Å². The third-order valence-corrected chi connectivity index (χ3v) is 3.68. The van der Waals surface area contributed by atoms with Gasteiger partial charge in [0.2, 0.25) is 11.8 Å². The van der Waals surface area contributed by atoms with Gasteiger partial charge < -0.3 is 15.6 Å². The van der Waals surface area contributed by atoms with Crippen LogP contribution < -0.4 is 16.2 Å². The summed E-state index contributed by atoms with van der Waals surface area (Å²) in [7, 11) is 0. The number of aromatic nitrogens is 1. The van der Waals surface area contributed by atoms with Crippen LogP contribution in [0.4, 0.5) is 4.79 Å². The van der Waals surface area contributed by atoms with Crippen LogP contribution in [0.3, 0.4) is 0 Å². The summed E-state index contributed by atoms with van der Waals surface area (Å²) in [5.74, 6) is -0.506. The Labute approximate surface area is 133 Å². The summed E-state index contributed by atoms with van der Waals surface area (Å²) in [5.41, 5.74) is 1.92. The molecule has 2 heterocycles. The molecular formula is C15H20N4O4. The lowest BCUT2D eigenvalue weighted by atomic mass is 10.1. The van der Waals surface area contributed by atoms with E-state index in [0.717, 1.165) is 16.2 Å². The highest BCUT2D eigenvalue weighted by atomic mass is 16.2. The SMILES string of the molecule is Cc1cc(C)c(CNC(=O)CCCN2C(=O)CNC2=O)c(=O)[nH]1. The summed E-state index contributed by atoms with van der Waals surface area (Å²) in [4.78, 5) is 50.2. The number of aromatic amines is 1. The Morgan fingerprint density at radius 3 is 2.65 bits per heavy atom. The minimum absolute atomic E-state index is 0.0144. The molecule has 4 amide bonds. The van der Waals surface area contributed by atoms with Crippen LogP contribution in [0.1, 0.15) is 29.7 Å². The molecule has 1 aromatic rings. The van der Waals surface area contributed by atoms with Gasteiger partial charge in [0, 0.05) is 30.8 Å². The molecule has 0 bridgehead atoms. The Kier molecular flexibility index (Phi) is 5.15. The first kappa shape index (κ1) is 16.7. The zero-order chi connectivity index (χ0) is 17.0. The topological polar surface area (TPSA) is 111 Å². The third-order valence-electron chi connectivity index (χ3n) is 3.68. The van der Waals surface area contributed by atoms with Crippen LogP contribution in [0.25, 0.3) is 0 Å². The van der Waals surface area contributed by atoms with Gasteiger partial charge in [-0.2, -0.15) is 0 Å². The van der Waals surface area contributed by atoms with Crippen molar-refractivity contribution in [2.75, 3.05) is 13.1 Å².